The average Bonchev–Trinajstić information content (AvgIpc) is 3.42. The van der Waals surface area contributed by atoms with E-state index in [1.165, 1.54) is 47.9 Å². The van der Waals surface area contributed by atoms with E-state index in [1.54, 1.807) is 12.1 Å². The number of rotatable bonds is 4. The SMILES string of the molecule is CCN1C2CCC1c1cc(C(=O)O)ccc1C2.CCN1C2CCC1c1cc(N=C=O)ccc1C2.O=C=O.O=C=O. The van der Waals surface area contributed by atoms with Gasteiger partial charge in [-0.3, -0.25) is 9.80 Å². The first-order chi connectivity index (χ1) is 19.4. The first kappa shape index (κ1) is 30.5. The molecule has 0 spiro atoms. The fourth-order valence-corrected chi connectivity index (χ4v) is 6.87. The lowest BCUT2D eigenvalue weighted by molar-refractivity contribution is -0.193. The van der Waals surface area contributed by atoms with Gasteiger partial charge in [0.2, 0.25) is 6.08 Å². The predicted octanol–water partition coefficient (Wildman–Crippen LogP) is 4.03. The van der Waals surface area contributed by atoms with E-state index in [1.807, 2.05) is 18.2 Å². The van der Waals surface area contributed by atoms with Crippen molar-refractivity contribution in [3.63, 3.8) is 0 Å². The highest BCUT2D eigenvalue weighted by molar-refractivity contribution is 5.88. The third-order valence-electron chi connectivity index (χ3n) is 8.34. The molecule has 10 nitrogen and oxygen atoms in total. The molecule has 4 aliphatic heterocycles. The van der Waals surface area contributed by atoms with Crippen molar-refractivity contribution in [3.8, 4) is 0 Å². The monoisotopic (exact) mass is 547 g/mol. The molecule has 6 rings (SSSR count). The highest BCUT2D eigenvalue weighted by atomic mass is 16.4. The topological polar surface area (TPSA) is 141 Å². The fourth-order valence-electron chi connectivity index (χ4n) is 6.87. The molecule has 1 N–H and O–H groups in total. The second-order valence-electron chi connectivity index (χ2n) is 10.0. The van der Waals surface area contributed by atoms with E-state index in [9.17, 15) is 9.59 Å². The van der Waals surface area contributed by atoms with Crippen LogP contribution < -0.4 is 0 Å². The first-order valence-corrected chi connectivity index (χ1v) is 13.4. The number of fused-ring (bicyclic) bond motifs is 8. The molecule has 0 saturated carbocycles. The van der Waals surface area contributed by atoms with Gasteiger partial charge in [-0.2, -0.15) is 24.2 Å². The lowest BCUT2D eigenvalue weighted by atomic mass is 9.91. The van der Waals surface area contributed by atoms with Gasteiger partial charge in [0, 0.05) is 24.2 Å². The molecule has 4 unspecified atom stereocenters. The minimum Gasteiger partial charge on any atom is -0.478 e. The maximum absolute atomic E-state index is 11.0. The molecule has 40 heavy (non-hydrogen) atoms. The number of nitrogens with zero attached hydrogens (tertiary/aromatic N) is 3. The molecule has 0 radical (unpaired) electrons. The Kier molecular flexibility index (Phi) is 11.0. The van der Waals surface area contributed by atoms with Crippen molar-refractivity contribution < 1.29 is 33.9 Å². The Hall–Kier alpha value is -4.03. The van der Waals surface area contributed by atoms with Crippen LogP contribution in [0.4, 0.5) is 5.69 Å². The molecule has 2 saturated heterocycles. The Morgan fingerprint density at radius 3 is 1.73 bits per heavy atom. The molecule has 4 aliphatic rings. The minimum atomic E-state index is -0.823. The average molecular weight is 548 g/mol. The number of hydrogen-bond donors (Lipinski definition) is 1. The Labute approximate surface area is 232 Å². The van der Waals surface area contributed by atoms with Crippen molar-refractivity contribution >= 4 is 30.0 Å². The normalized spacial score (nSPS) is 23.1. The van der Waals surface area contributed by atoms with Crippen LogP contribution in [0.2, 0.25) is 0 Å². The minimum absolute atomic E-state index is 0.250. The van der Waals surface area contributed by atoms with E-state index >= 15 is 0 Å². The Balaban J connectivity index is 0.000000185. The van der Waals surface area contributed by atoms with E-state index in [2.05, 4.69) is 40.8 Å². The number of hydrogen-bond acceptors (Lipinski definition) is 9. The van der Waals surface area contributed by atoms with Crippen molar-refractivity contribution in [1.29, 1.82) is 0 Å². The van der Waals surface area contributed by atoms with Crippen LogP contribution in [0.3, 0.4) is 0 Å². The van der Waals surface area contributed by atoms with Gasteiger partial charge in [0.05, 0.1) is 11.3 Å². The van der Waals surface area contributed by atoms with Crippen LogP contribution >= 0.6 is 0 Å². The van der Waals surface area contributed by atoms with Gasteiger partial charge < -0.3 is 5.11 Å². The van der Waals surface area contributed by atoms with Gasteiger partial charge in [-0.25, -0.2) is 9.59 Å². The third-order valence-corrected chi connectivity index (χ3v) is 8.34. The molecule has 2 aromatic rings. The van der Waals surface area contributed by atoms with Gasteiger partial charge in [0.1, 0.15) is 0 Å². The zero-order valence-corrected chi connectivity index (χ0v) is 22.7. The number of aromatic carboxylic acids is 1. The quantitative estimate of drug-likeness (QED) is 0.443. The summed E-state index contributed by atoms with van der Waals surface area (Å²) in [6, 6.07) is 14.1. The molecule has 4 heterocycles. The summed E-state index contributed by atoms with van der Waals surface area (Å²) in [6.45, 7) is 6.59. The van der Waals surface area contributed by atoms with Crippen molar-refractivity contribution in [2.75, 3.05) is 13.1 Å². The number of aliphatic imine (C=N–C) groups is 1. The Bertz CT molecular complexity index is 1240. The van der Waals surface area contributed by atoms with Crippen molar-refractivity contribution in [2.45, 2.75) is 76.5 Å². The lowest BCUT2D eigenvalue weighted by Crippen LogP contribution is -2.37. The van der Waals surface area contributed by atoms with Gasteiger partial charge in [0.25, 0.3) is 0 Å². The Morgan fingerprint density at radius 1 is 0.800 bits per heavy atom. The number of benzene rings is 2. The molecule has 2 aromatic carbocycles. The summed E-state index contributed by atoms with van der Waals surface area (Å²) < 4.78 is 0. The number of likely N-dealkylation sites (N-methyl/N-ethyl adjacent to an activating group) is 2. The number of carbonyl (C=O) groups is 1. The third kappa shape index (κ3) is 6.57. The maximum atomic E-state index is 11.0. The van der Waals surface area contributed by atoms with E-state index < -0.39 is 5.97 Å². The van der Waals surface area contributed by atoms with Gasteiger partial charge in [-0.1, -0.05) is 26.0 Å². The summed E-state index contributed by atoms with van der Waals surface area (Å²) >= 11 is 0. The summed E-state index contributed by atoms with van der Waals surface area (Å²) in [5, 5.41) is 9.07. The lowest BCUT2D eigenvalue weighted by Gasteiger charge is -2.35. The number of carboxylic acids is 1. The predicted molar refractivity (Wildman–Crippen MR) is 141 cm³/mol. The summed E-state index contributed by atoms with van der Waals surface area (Å²) in [5.41, 5.74) is 6.57. The van der Waals surface area contributed by atoms with Crippen LogP contribution in [0.15, 0.2) is 41.4 Å². The molecule has 210 valence electrons. The summed E-state index contributed by atoms with van der Waals surface area (Å²) in [7, 11) is 0. The van der Waals surface area contributed by atoms with Crippen LogP contribution in [0.5, 0.6) is 0 Å². The largest absolute Gasteiger partial charge is 0.478 e. The number of isocyanates is 1. The van der Waals surface area contributed by atoms with Gasteiger partial charge >= 0.3 is 18.3 Å². The van der Waals surface area contributed by atoms with E-state index in [0.717, 1.165) is 37.7 Å². The van der Waals surface area contributed by atoms with Crippen LogP contribution in [0, 0.1) is 0 Å². The first-order valence-electron chi connectivity index (χ1n) is 13.4. The molecule has 2 fully saturated rings. The fraction of sp³-hybridized carbons (Fsp3) is 0.467. The van der Waals surface area contributed by atoms with E-state index in [4.69, 9.17) is 24.3 Å². The zero-order valence-electron chi connectivity index (χ0n) is 22.7. The van der Waals surface area contributed by atoms with Crippen molar-refractivity contribution in [2.24, 2.45) is 4.99 Å². The van der Waals surface area contributed by atoms with Crippen LogP contribution in [-0.4, -0.2) is 64.4 Å². The number of carboxylic acid groups (broad SMARTS) is 1. The molecule has 4 bridgehead atoms. The second kappa shape index (κ2) is 14.4. The van der Waals surface area contributed by atoms with Crippen LogP contribution in [0.1, 0.15) is 84.2 Å². The second-order valence-corrected chi connectivity index (χ2v) is 10.0. The highest BCUT2D eigenvalue weighted by Gasteiger charge is 2.39. The highest BCUT2D eigenvalue weighted by Crippen LogP contribution is 2.45. The molecule has 10 heteroatoms. The van der Waals surface area contributed by atoms with Gasteiger partial charge in [0.15, 0.2) is 0 Å². The van der Waals surface area contributed by atoms with E-state index in [-0.39, 0.29) is 12.3 Å². The van der Waals surface area contributed by atoms with Gasteiger partial charge in [-0.05, 0) is 98.1 Å². The zero-order chi connectivity index (χ0) is 29.2. The molecule has 4 atom stereocenters. The molecular weight excluding hydrogens is 514 g/mol. The van der Waals surface area contributed by atoms with Crippen molar-refractivity contribution in [1.82, 2.24) is 9.80 Å². The molecule has 0 amide bonds. The van der Waals surface area contributed by atoms with Crippen molar-refractivity contribution in [3.05, 3.63) is 64.2 Å². The number of carbonyl (C=O) groups excluding carboxylic acids is 5. The maximum Gasteiger partial charge on any atom is 0.373 e. The molecular formula is C30H33N3O7. The summed E-state index contributed by atoms with van der Waals surface area (Å²) in [6.07, 6.45) is 9.29. The Morgan fingerprint density at radius 2 is 1.27 bits per heavy atom. The van der Waals surface area contributed by atoms with Crippen LogP contribution in [-0.2, 0) is 36.8 Å². The summed E-state index contributed by atoms with van der Waals surface area (Å²) in [5.74, 6) is -0.823. The standard InChI is InChI=1S/C14H16N2O.C14H17NO2.2CO2/c1-2-16-12-5-6-14(16)13-8-11(15-9-17)4-3-10(13)7-12;1-2-15-11-5-6-13(15)12-8-10(14(16)17)4-3-9(12)7-11;2*2-1-3/h3-4,8,12,14H,2,5-7H2,1H3;3-4,8,11,13H,2,5-7H2,1H3,(H,16,17);;. The smallest absolute Gasteiger partial charge is 0.373 e. The van der Waals surface area contributed by atoms with Gasteiger partial charge in [-0.15, -0.1) is 0 Å². The summed E-state index contributed by atoms with van der Waals surface area (Å²) in [4.78, 5) is 62.7. The van der Waals surface area contributed by atoms with E-state index in [0.29, 0.717) is 23.7 Å². The molecule has 0 aromatic heterocycles. The molecule has 0 aliphatic carbocycles. The van der Waals surface area contributed by atoms with Crippen LogP contribution in [0.25, 0.3) is 0 Å².